The molecule has 51 heavy (non-hydrogen) atoms. The van der Waals surface area contributed by atoms with Crippen LogP contribution in [0, 0.1) is 17.8 Å². The normalized spacial score (nSPS) is 14.3. The van der Waals surface area contributed by atoms with E-state index in [-0.39, 0.29) is 24.0 Å². The number of aryl methyl sites for hydroxylation is 2. The van der Waals surface area contributed by atoms with Gasteiger partial charge in [-0.2, -0.15) is 17.6 Å². The molecule has 0 fully saturated rings. The van der Waals surface area contributed by atoms with Crippen molar-refractivity contribution < 1.29 is 63.6 Å². The van der Waals surface area contributed by atoms with E-state index >= 15 is 0 Å². The second kappa shape index (κ2) is 17.7. The molecule has 0 aliphatic rings. The van der Waals surface area contributed by atoms with Crippen LogP contribution in [0.1, 0.15) is 78.4 Å². The van der Waals surface area contributed by atoms with Crippen molar-refractivity contribution >= 4 is 27.4 Å². The lowest BCUT2D eigenvalue weighted by molar-refractivity contribution is -0.574. The standard InChI is InChI=1S/C36H44F8O6S/c1-7-9-10-11-25-12-15-29(26(8-2)17-25)31-18-27-13-14-28(19-30(27)51-31)46-20-33(37,38)48-35(41,42)50-36(43,44)49-34(39,40)21-47-32(45)24(6)16-23(5)22(3)4/h12-15,17-19,22-24H,7-11,16,20-21H2,1-6H3. The van der Waals surface area contributed by atoms with Crippen LogP contribution in [0.2, 0.25) is 0 Å². The fraction of sp³-hybridized carbons (Fsp3) is 0.583. The zero-order valence-electron chi connectivity index (χ0n) is 29.3. The van der Waals surface area contributed by atoms with Gasteiger partial charge in [0.1, 0.15) is 5.75 Å². The second-order valence-electron chi connectivity index (χ2n) is 12.9. The van der Waals surface area contributed by atoms with Crippen LogP contribution in [0.3, 0.4) is 0 Å². The molecule has 0 saturated carbocycles. The van der Waals surface area contributed by atoms with Gasteiger partial charge < -0.3 is 9.47 Å². The second-order valence-corrected chi connectivity index (χ2v) is 14.0. The number of unbranched alkanes of at least 4 members (excludes halogenated alkanes) is 2. The molecule has 286 valence electrons. The number of hydrogen-bond donors (Lipinski definition) is 0. The van der Waals surface area contributed by atoms with Gasteiger partial charge in [-0.3, -0.25) is 4.79 Å². The van der Waals surface area contributed by atoms with Crippen LogP contribution in [0.25, 0.3) is 20.5 Å². The Bertz CT molecular complexity index is 1580. The summed E-state index contributed by atoms with van der Waals surface area (Å²) in [5, 5.41) is 0.767. The zero-order valence-corrected chi connectivity index (χ0v) is 30.1. The summed E-state index contributed by atoms with van der Waals surface area (Å²) >= 11 is 1.36. The summed E-state index contributed by atoms with van der Waals surface area (Å²) in [6, 6.07) is 12.5. The molecule has 3 aromatic rings. The average Bonchev–Trinajstić information content (AvgIpc) is 3.44. The van der Waals surface area contributed by atoms with Crippen LogP contribution in [0.15, 0.2) is 42.5 Å². The number of halogens is 8. The lowest BCUT2D eigenvalue weighted by Crippen LogP contribution is -2.46. The molecule has 0 aliphatic carbocycles. The van der Waals surface area contributed by atoms with Gasteiger partial charge >= 0.3 is 30.8 Å². The molecular weight excluding hydrogens is 712 g/mol. The van der Waals surface area contributed by atoms with E-state index in [0.717, 1.165) is 53.5 Å². The minimum absolute atomic E-state index is 0.00598. The highest BCUT2D eigenvalue weighted by atomic mass is 32.1. The number of hydrogen-bond acceptors (Lipinski definition) is 7. The van der Waals surface area contributed by atoms with Crippen LogP contribution in [-0.4, -0.2) is 44.0 Å². The maximum Gasteiger partial charge on any atom is 0.496 e. The first-order chi connectivity index (χ1) is 23.6. The van der Waals surface area contributed by atoms with Gasteiger partial charge in [-0.15, -0.1) is 28.9 Å². The molecule has 0 amide bonds. The number of fused-ring (bicyclic) bond motifs is 1. The van der Waals surface area contributed by atoms with Gasteiger partial charge in [0.25, 0.3) is 0 Å². The van der Waals surface area contributed by atoms with Crippen molar-refractivity contribution in [1.82, 2.24) is 0 Å². The summed E-state index contributed by atoms with van der Waals surface area (Å²) in [6.07, 6.45) is -16.3. The van der Waals surface area contributed by atoms with Crippen LogP contribution in [0.5, 0.6) is 5.75 Å². The van der Waals surface area contributed by atoms with Gasteiger partial charge in [-0.25, -0.2) is 14.2 Å². The lowest BCUT2D eigenvalue weighted by atomic mass is 9.89. The lowest BCUT2D eigenvalue weighted by Gasteiger charge is -2.28. The molecule has 1 aromatic heterocycles. The highest BCUT2D eigenvalue weighted by Crippen LogP contribution is 2.39. The van der Waals surface area contributed by atoms with Crippen molar-refractivity contribution in [2.24, 2.45) is 17.8 Å². The number of thiophene rings is 1. The Balaban J connectivity index is 1.58. The Labute approximate surface area is 296 Å². The predicted molar refractivity (Wildman–Crippen MR) is 177 cm³/mol. The van der Waals surface area contributed by atoms with E-state index in [1.807, 2.05) is 32.9 Å². The third-order valence-electron chi connectivity index (χ3n) is 8.21. The quantitative estimate of drug-likeness (QED) is 0.0467. The van der Waals surface area contributed by atoms with Crippen LogP contribution in [0.4, 0.5) is 35.1 Å². The number of carbonyl (C=O) groups excluding carboxylic acids is 1. The van der Waals surface area contributed by atoms with Gasteiger partial charge in [0.2, 0.25) is 0 Å². The molecule has 0 saturated heterocycles. The number of rotatable bonds is 21. The summed E-state index contributed by atoms with van der Waals surface area (Å²) < 4.78 is 131. The smallest absolute Gasteiger partial charge is 0.484 e. The molecule has 2 atom stereocenters. The number of esters is 1. The minimum atomic E-state index is -5.86. The summed E-state index contributed by atoms with van der Waals surface area (Å²) in [6.45, 7) is 7.14. The Morgan fingerprint density at radius 2 is 1.43 bits per heavy atom. The number of alkyl halides is 8. The monoisotopic (exact) mass is 756 g/mol. The summed E-state index contributed by atoms with van der Waals surface area (Å²) in [7, 11) is 0. The first-order valence-electron chi connectivity index (χ1n) is 16.7. The third-order valence-corrected chi connectivity index (χ3v) is 9.34. The highest BCUT2D eigenvalue weighted by molar-refractivity contribution is 7.22. The predicted octanol–water partition coefficient (Wildman–Crippen LogP) is 11.4. The molecule has 2 aromatic carbocycles. The molecule has 6 nitrogen and oxygen atoms in total. The average molecular weight is 757 g/mol. The van der Waals surface area contributed by atoms with Gasteiger partial charge in [-0.05, 0) is 83.9 Å². The van der Waals surface area contributed by atoms with Gasteiger partial charge in [-0.1, -0.05) is 72.6 Å². The summed E-state index contributed by atoms with van der Waals surface area (Å²) in [5.74, 6) is -2.08. The number of ether oxygens (including phenoxy) is 5. The minimum Gasteiger partial charge on any atom is -0.484 e. The Morgan fingerprint density at radius 1 is 0.784 bits per heavy atom. The molecule has 0 N–H and O–H groups in total. The van der Waals surface area contributed by atoms with Crippen molar-refractivity contribution in [1.29, 1.82) is 0 Å². The van der Waals surface area contributed by atoms with Gasteiger partial charge in [0.05, 0.1) is 5.92 Å². The SMILES string of the molecule is CCCCCc1ccc(-c2cc3ccc(OCC(F)(F)OC(F)(F)OC(F)(F)OC(F)(F)COC(=O)C(C)CC(C)C(C)C)cc3s2)c(CC)c1. The van der Waals surface area contributed by atoms with E-state index < -0.39 is 49.9 Å². The van der Waals surface area contributed by atoms with Crippen molar-refractivity contribution in [2.75, 3.05) is 13.2 Å². The third kappa shape index (κ3) is 13.5. The topological polar surface area (TPSA) is 63.2 Å². The fourth-order valence-electron chi connectivity index (χ4n) is 5.13. The number of benzene rings is 2. The van der Waals surface area contributed by atoms with Crippen molar-refractivity contribution in [2.45, 2.75) is 105 Å². The van der Waals surface area contributed by atoms with E-state index in [0.29, 0.717) is 4.70 Å². The highest BCUT2D eigenvalue weighted by Gasteiger charge is 2.57. The van der Waals surface area contributed by atoms with E-state index in [1.165, 1.54) is 36.0 Å². The van der Waals surface area contributed by atoms with E-state index in [1.54, 1.807) is 13.0 Å². The fourth-order valence-corrected chi connectivity index (χ4v) is 6.28. The van der Waals surface area contributed by atoms with Gasteiger partial charge in [0.15, 0.2) is 13.2 Å². The largest absolute Gasteiger partial charge is 0.496 e. The molecular formula is C36H44F8O6S. The molecule has 0 radical (unpaired) electrons. The molecule has 15 heteroatoms. The van der Waals surface area contributed by atoms with Crippen LogP contribution >= 0.6 is 11.3 Å². The molecule has 0 aliphatic heterocycles. The summed E-state index contributed by atoms with van der Waals surface area (Å²) in [5.41, 5.74) is 3.40. The molecule has 0 spiro atoms. The molecule has 2 unspecified atom stereocenters. The van der Waals surface area contributed by atoms with Crippen molar-refractivity contribution in [3.8, 4) is 16.2 Å². The van der Waals surface area contributed by atoms with Crippen LogP contribution < -0.4 is 4.74 Å². The van der Waals surface area contributed by atoms with E-state index in [4.69, 9.17) is 4.74 Å². The van der Waals surface area contributed by atoms with E-state index in [9.17, 15) is 39.9 Å². The first kappa shape index (κ1) is 42.4. The van der Waals surface area contributed by atoms with E-state index in [2.05, 4.69) is 38.0 Å². The zero-order chi connectivity index (χ0) is 38.2. The maximum absolute atomic E-state index is 14.3. The van der Waals surface area contributed by atoms with Crippen molar-refractivity contribution in [3.05, 3.63) is 53.6 Å². The van der Waals surface area contributed by atoms with Crippen molar-refractivity contribution in [3.63, 3.8) is 0 Å². The molecule has 3 rings (SSSR count). The summed E-state index contributed by atoms with van der Waals surface area (Å²) in [4.78, 5) is 12.9. The number of carbonyl (C=O) groups is 1. The molecule has 0 bridgehead atoms. The Morgan fingerprint density at radius 3 is 2.04 bits per heavy atom. The first-order valence-corrected chi connectivity index (χ1v) is 17.5. The molecule has 1 heterocycles. The Kier molecular flexibility index (Phi) is 14.7. The maximum atomic E-state index is 14.3. The Hall–Kier alpha value is -3.01. The van der Waals surface area contributed by atoms with Gasteiger partial charge in [0, 0.05) is 9.58 Å². The van der Waals surface area contributed by atoms with Crippen LogP contribution in [-0.2, 0) is 36.6 Å².